The first-order chi connectivity index (χ1) is 16.7. The van der Waals surface area contributed by atoms with Crippen LogP contribution in [0.25, 0.3) is 16.9 Å². The van der Waals surface area contributed by atoms with Gasteiger partial charge in [0.05, 0.1) is 6.26 Å². The zero-order valence-corrected chi connectivity index (χ0v) is 24.8. The molecule has 3 aromatic rings. The van der Waals surface area contributed by atoms with Crippen LogP contribution in [0.15, 0.2) is 78.9 Å². The summed E-state index contributed by atoms with van der Waals surface area (Å²) in [4.78, 5) is 0. The SMILES string of the molecule is CCC(C)(O)OC(C)(O)CCPc1ccccc1.CS(=O)(=O)O.[NH-]c1ccccc1-c1[c-]cccc1.[Pd+2]. The van der Waals surface area contributed by atoms with Gasteiger partial charge in [-0.3, -0.25) is 4.55 Å². The zero-order chi connectivity index (χ0) is 27.2. The van der Waals surface area contributed by atoms with Gasteiger partial charge in [-0.15, -0.1) is 41.5 Å². The second-order valence-corrected chi connectivity index (χ2v) is 11.3. The molecular formula is C27H36NO6PPdS. The van der Waals surface area contributed by atoms with Crippen LogP contribution in [0.3, 0.4) is 0 Å². The molecule has 37 heavy (non-hydrogen) atoms. The second-order valence-electron chi connectivity index (χ2n) is 8.40. The third kappa shape index (κ3) is 17.5. The van der Waals surface area contributed by atoms with Gasteiger partial charge in [-0.2, -0.15) is 14.1 Å². The maximum absolute atomic E-state index is 10.1. The van der Waals surface area contributed by atoms with Crippen molar-refractivity contribution in [2.24, 2.45) is 0 Å². The summed E-state index contributed by atoms with van der Waals surface area (Å²) in [7, 11) is -3.02. The Morgan fingerprint density at radius 1 is 0.946 bits per heavy atom. The van der Waals surface area contributed by atoms with Crippen molar-refractivity contribution >= 4 is 29.7 Å². The predicted molar refractivity (Wildman–Crippen MR) is 149 cm³/mol. The molecule has 3 rings (SSSR count). The Labute approximate surface area is 236 Å². The summed E-state index contributed by atoms with van der Waals surface area (Å²) in [6.07, 6.45) is 2.52. The summed E-state index contributed by atoms with van der Waals surface area (Å²) in [6, 6.07) is 28.5. The fraction of sp³-hybridized carbons (Fsp3) is 0.333. The van der Waals surface area contributed by atoms with Crippen LogP contribution in [0.1, 0.15) is 33.6 Å². The standard InChI is InChI=1S/C14H23O3P.C12H9N.CH4O3S.Pd/c1-4-13(2,15)17-14(3,16)10-11-18-12-8-6-5-7-9-12;13-12-9-5-4-8-11(12)10-6-2-1-3-7-10;1-5(2,3)4;/h5-9,15-16,18H,4,10-11H2,1-3H3;1-6,8-9,13H;1H3,(H,2,3,4);/q;-2;;+2. The molecule has 0 aliphatic heterocycles. The molecule has 0 spiro atoms. The van der Waals surface area contributed by atoms with Crippen molar-refractivity contribution in [2.45, 2.75) is 45.2 Å². The van der Waals surface area contributed by atoms with Gasteiger partial charge in [0, 0.05) is 6.42 Å². The minimum absolute atomic E-state index is 0. The van der Waals surface area contributed by atoms with E-state index < -0.39 is 21.7 Å². The van der Waals surface area contributed by atoms with Crippen LogP contribution in [0.5, 0.6) is 0 Å². The molecule has 0 saturated carbocycles. The third-order valence-electron chi connectivity index (χ3n) is 4.71. The van der Waals surface area contributed by atoms with E-state index in [0.29, 0.717) is 33.4 Å². The van der Waals surface area contributed by atoms with Gasteiger partial charge in [0.2, 0.25) is 0 Å². The van der Waals surface area contributed by atoms with Crippen molar-refractivity contribution in [1.82, 2.24) is 0 Å². The molecule has 4 N–H and O–H groups in total. The second kappa shape index (κ2) is 17.0. The Morgan fingerprint density at radius 2 is 1.49 bits per heavy atom. The molecule has 0 radical (unpaired) electrons. The van der Waals surface area contributed by atoms with E-state index >= 15 is 0 Å². The number of hydrogen-bond donors (Lipinski definition) is 3. The van der Waals surface area contributed by atoms with Crippen LogP contribution >= 0.6 is 8.58 Å². The van der Waals surface area contributed by atoms with Crippen LogP contribution in [0.4, 0.5) is 5.69 Å². The van der Waals surface area contributed by atoms with E-state index in [1.807, 2.05) is 67.6 Å². The van der Waals surface area contributed by atoms with Gasteiger partial charge in [0.1, 0.15) is 0 Å². The van der Waals surface area contributed by atoms with Crippen molar-refractivity contribution in [2.75, 3.05) is 12.4 Å². The Bertz CT molecular complexity index is 1120. The summed E-state index contributed by atoms with van der Waals surface area (Å²) in [5.74, 6) is -2.54. The van der Waals surface area contributed by atoms with Crippen LogP contribution in [0, 0.1) is 6.07 Å². The maximum Gasteiger partial charge on any atom is 2.00 e. The first kappa shape index (κ1) is 35.3. The van der Waals surface area contributed by atoms with Crippen molar-refractivity contribution < 1.29 is 48.3 Å². The number of rotatable bonds is 8. The molecular weight excluding hydrogens is 604 g/mol. The number of hydrogen-bond acceptors (Lipinski definition) is 5. The van der Waals surface area contributed by atoms with Crippen molar-refractivity contribution in [1.29, 1.82) is 0 Å². The Morgan fingerprint density at radius 3 is 2.00 bits per heavy atom. The van der Waals surface area contributed by atoms with Gasteiger partial charge in [-0.1, -0.05) is 70.1 Å². The average molecular weight is 640 g/mol. The quantitative estimate of drug-likeness (QED) is 0.0973. The molecule has 3 aromatic carbocycles. The normalized spacial score (nSPS) is 14.1. The number of nitrogens with one attached hydrogen (secondary N) is 1. The molecule has 0 fully saturated rings. The monoisotopic (exact) mass is 639 g/mol. The predicted octanol–water partition coefficient (Wildman–Crippen LogP) is 5.56. The largest absolute Gasteiger partial charge is 2.00 e. The van der Waals surface area contributed by atoms with E-state index in [0.717, 1.165) is 17.3 Å². The molecule has 3 unspecified atom stereocenters. The Kier molecular flexibility index (Phi) is 16.3. The van der Waals surface area contributed by atoms with E-state index in [4.69, 9.17) is 15.0 Å². The zero-order valence-electron chi connectivity index (χ0n) is 21.4. The first-order valence-corrected chi connectivity index (χ1v) is 14.4. The summed E-state index contributed by atoms with van der Waals surface area (Å²) in [5, 5.41) is 21.2. The Hall–Kier alpha value is -1.66. The number of ether oxygens (including phenoxy) is 1. The summed E-state index contributed by atoms with van der Waals surface area (Å²) in [5.41, 5.74) is 10.1. The van der Waals surface area contributed by atoms with Gasteiger partial charge in [0.25, 0.3) is 10.1 Å². The molecule has 0 aromatic heterocycles. The molecule has 0 aliphatic rings. The topological polar surface area (TPSA) is 128 Å². The smallest absolute Gasteiger partial charge is 0.706 e. The van der Waals surface area contributed by atoms with Crippen molar-refractivity contribution in [3.8, 4) is 11.1 Å². The van der Waals surface area contributed by atoms with Crippen LogP contribution in [-0.2, 0) is 35.3 Å². The molecule has 0 bridgehead atoms. The van der Waals surface area contributed by atoms with Crippen molar-refractivity contribution in [3.05, 3.63) is 90.7 Å². The van der Waals surface area contributed by atoms with E-state index in [9.17, 15) is 18.6 Å². The van der Waals surface area contributed by atoms with E-state index in [2.05, 4.69) is 18.2 Å². The van der Waals surface area contributed by atoms with E-state index in [1.54, 1.807) is 19.9 Å². The summed E-state index contributed by atoms with van der Waals surface area (Å²) in [6.45, 7) is 5.00. The molecule has 10 heteroatoms. The minimum Gasteiger partial charge on any atom is -0.706 e. The molecule has 206 valence electrons. The molecule has 0 saturated heterocycles. The summed E-state index contributed by atoms with van der Waals surface area (Å²) >= 11 is 0. The summed E-state index contributed by atoms with van der Waals surface area (Å²) < 4.78 is 31.2. The fourth-order valence-corrected chi connectivity index (χ4v) is 4.18. The third-order valence-corrected chi connectivity index (χ3v) is 5.96. The molecule has 0 heterocycles. The molecule has 7 nitrogen and oxygen atoms in total. The van der Waals surface area contributed by atoms with Crippen LogP contribution in [-0.4, -0.2) is 47.2 Å². The minimum atomic E-state index is -3.67. The first-order valence-electron chi connectivity index (χ1n) is 11.4. The van der Waals surface area contributed by atoms with Crippen LogP contribution in [0.2, 0.25) is 0 Å². The van der Waals surface area contributed by atoms with E-state index in [-0.39, 0.29) is 20.4 Å². The van der Waals surface area contributed by atoms with Gasteiger partial charge in [-0.25, -0.2) is 0 Å². The van der Waals surface area contributed by atoms with Crippen molar-refractivity contribution in [3.63, 3.8) is 0 Å². The molecule has 3 atom stereocenters. The molecule has 0 aliphatic carbocycles. The number of benzene rings is 3. The van der Waals surface area contributed by atoms with Crippen LogP contribution < -0.4 is 5.30 Å². The van der Waals surface area contributed by atoms with Gasteiger partial charge >= 0.3 is 20.4 Å². The van der Waals surface area contributed by atoms with E-state index in [1.165, 1.54) is 5.30 Å². The fourth-order valence-electron chi connectivity index (χ4n) is 2.87. The van der Waals surface area contributed by atoms with Gasteiger partial charge in [0.15, 0.2) is 11.6 Å². The average Bonchev–Trinajstić information content (AvgIpc) is 2.79. The molecule has 0 amide bonds. The van der Waals surface area contributed by atoms with Gasteiger partial charge < -0.3 is 20.7 Å². The van der Waals surface area contributed by atoms with Gasteiger partial charge in [-0.05, 0) is 31.7 Å². The maximum atomic E-state index is 10.1. The number of aliphatic hydroxyl groups is 2. The Balaban J connectivity index is 0.000000596.